The number of nitrogens with two attached hydrogens (primary N) is 1. The standard InChI is InChI=1S/C17H20N2O2/c1-20-17-13(5-3-9-19-17)11-21-14-7-8-15-12(10-14)4-2-6-16(15)18/h3,5,7-10,16H,2,4,6,11,18H2,1H3. The Bertz CT molecular complexity index is 628. The van der Waals surface area contributed by atoms with Crippen LogP contribution < -0.4 is 15.2 Å². The van der Waals surface area contributed by atoms with E-state index >= 15 is 0 Å². The highest BCUT2D eigenvalue weighted by molar-refractivity contribution is 5.39. The van der Waals surface area contributed by atoms with E-state index < -0.39 is 0 Å². The second-order valence-corrected chi connectivity index (χ2v) is 5.32. The van der Waals surface area contributed by atoms with E-state index in [0.717, 1.165) is 30.6 Å². The number of nitrogens with zero attached hydrogens (tertiary/aromatic N) is 1. The van der Waals surface area contributed by atoms with Gasteiger partial charge in [-0.3, -0.25) is 0 Å². The SMILES string of the molecule is COc1ncccc1COc1ccc2c(c1)CCCC2N. The Morgan fingerprint density at radius 3 is 3.10 bits per heavy atom. The van der Waals surface area contributed by atoms with Gasteiger partial charge in [0.25, 0.3) is 0 Å². The second-order valence-electron chi connectivity index (χ2n) is 5.32. The Hall–Kier alpha value is -2.07. The maximum absolute atomic E-state index is 6.13. The minimum absolute atomic E-state index is 0.168. The molecule has 0 fully saturated rings. The fourth-order valence-electron chi connectivity index (χ4n) is 2.80. The summed E-state index contributed by atoms with van der Waals surface area (Å²) in [6.07, 6.45) is 5.01. The summed E-state index contributed by atoms with van der Waals surface area (Å²) < 4.78 is 11.1. The van der Waals surface area contributed by atoms with E-state index in [4.69, 9.17) is 15.2 Å². The summed E-state index contributed by atoms with van der Waals surface area (Å²) in [6.45, 7) is 0.446. The Morgan fingerprint density at radius 1 is 1.33 bits per heavy atom. The molecular weight excluding hydrogens is 264 g/mol. The topological polar surface area (TPSA) is 57.4 Å². The van der Waals surface area contributed by atoms with Gasteiger partial charge in [-0.15, -0.1) is 0 Å². The van der Waals surface area contributed by atoms with Crippen LogP contribution in [0.2, 0.25) is 0 Å². The van der Waals surface area contributed by atoms with E-state index in [0.29, 0.717) is 12.5 Å². The molecule has 1 aromatic carbocycles. The highest BCUT2D eigenvalue weighted by Crippen LogP contribution is 2.31. The van der Waals surface area contributed by atoms with Gasteiger partial charge in [0.1, 0.15) is 12.4 Å². The monoisotopic (exact) mass is 284 g/mol. The number of hydrogen-bond donors (Lipinski definition) is 1. The lowest BCUT2D eigenvalue weighted by Gasteiger charge is -2.22. The molecule has 1 aliphatic rings. The molecule has 1 aromatic heterocycles. The van der Waals surface area contributed by atoms with Gasteiger partial charge in [-0.25, -0.2) is 4.98 Å². The van der Waals surface area contributed by atoms with Crippen molar-refractivity contribution < 1.29 is 9.47 Å². The number of pyridine rings is 1. The molecule has 0 bridgehead atoms. The summed E-state index contributed by atoms with van der Waals surface area (Å²) >= 11 is 0. The quantitative estimate of drug-likeness (QED) is 0.937. The van der Waals surface area contributed by atoms with Crippen LogP contribution in [0.1, 0.15) is 35.6 Å². The van der Waals surface area contributed by atoms with Crippen molar-refractivity contribution in [2.45, 2.75) is 31.9 Å². The molecule has 0 saturated heterocycles. The van der Waals surface area contributed by atoms with Gasteiger partial charge in [0.05, 0.1) is 12.7 Å². The fraction of sp³-hybridized carbons (Fsp3) is 0.353. The molecule has 0 saturated carbocycles. The summed E-state index contributed by atoms with van der Waals surface area (Å²) in [5, 5.41) is 0. The Balaban J connectivity index is 1.74. The zero-order chi connectivity index (χ0) is 14.7. The van der Waals surface area contributed by atoms with Gasteiger partial charge in [-0.1, -0.05) is 6.07 Å². The number of methoxy groups -OCH3 is 1. The van der Waals surface area contributed by atoms with Gasteiger partial charge >= 0.3 is 0 Å². The molecule has 21 heavy (non-hydrogen) atoms. The van der Waals surface area contributed by atoms with Gasteiger partial charge in [0.15, 0.2) is 0 Å². The summed E-state index contributed by atoms with van der Waals surface area (Å²) in [7, 11) is 1.62. The number of rotatable bonds is 4. The molecule has 1 unspecified atom stereocenters. The van der Waals surface area contributed by atoms with Crippen LogP contribution in [0.5, 0.6) is 11.6 Å². The van der Waals surface area contributed by atoms with E-state index in [1.807, 2.05) is 18.2 Å². The number of benzene rings is 1. The van der Waals surface area contributed by atoms with Gasteiger partial charge in [0.2, 0.25) is 5.88 Å². The van der Waals surface area contributed by atoms with E-state index in [1.165, 1.54) is 11.1 Å². The van der Waals surface area contributed by atoms with Crippen molar-refractivity contribution in [2.75, 3.05) is 7.11 Å². The highest BCUT2D eigenvalue weighted by Gasteiger charge is 2.17. The third-order valence-corrected chi connectivity index (χ3v) is 3.91. The zero-order valence-electron chi connectivity index (χ0n) is 12.2. The average molecular weight is 284 g/mol. The molecule has 1 heterocycles. The zero-order valence-corrected chi connectivity index (χ0v) is 12.2. The first-order chi connectivity index (χ1) is 10.3. The molecule has 1 aliphatic carbocycles. The highest BCUT2D eigenvalue weighted by atomic mass is 16.5. The number of aromatic nitrogens is 1. The Morgan fingerprint density at radius 2 is 2.24 bits per heavy atom. The fourth-order valence-corrected chi connectivity index (χ4v) is 2.80. The molecule has 4 heteroatoms. The van der Waals surface area contributed by atoms with Crippen molar-refractivity contribution in [2.24, 2.45) is 5.73 Å². The van der Waals surface area contributed by atoms with Crippen molar-refractivity contribution in [3.8, 4) is 11.6 Å². The lowest BCUT2D eigenvalue weighted by molar-refractivity contribution is 0.293. The van der Waals surface area contributed by atoms with E-state index in [-0.39, 0.29) is 6.04 Å². The molecule has 110 valence electrons. The van der Waals surface area contributed by atoms with E-state index in [1.54, 1.807) is 13.3 Å². The first kappa shape index (κ1) is 13.9. The van der Waals surface area contributed by atoms with Crippen LogP contribution in [-0.2, 0) is 13.0 Å². The van der Waals surface area contributed by atoms with Gasteiger partial charge in [-0.2, -0.15) is 0 Å². The molecule has 2 N–H and O–H groups in total. The van der Waals surface area contributed by atoms with Crippen molar-refractivity contribution in [1.82, 2.24) is 4.98 Å². The summed E-state index contributed by atoms with van der Waals surface area (Å²) in [4.78, 5) is 4.17. The first-order valence-corrected chi connectivity index (χ1v) is 7.27. The normalized spacial score (nSPS) is 17.1. The largest absolute Gasteiger partial charge is 0.489 e. The van der Waals surface area contributed by atoms with Crippen LogP contribution in [0.15, 0.2) is 36.5 Å². The molecule has 0 amide bonds. The van der Waals surface area contributed by atoms with Crippen LogP contribution in [0, 0.1) is 0 Å². The van der Waals surface area contributed by atoms with Gasteiger partial charge in [0, 0.05) is 12.2 Å². The molecule has 2 aromatic rings. The number of hydrogen-bond acceptors (Lipinski definition) is 4. The summed E-state index contributed by atoms with van der Waals surface area (Å²) in [6, 6.07) is 10.2. The maximum Gasteiger partial charge on any atom is 0.219 e. The van der Waals surface area contributed by atoms with Crippen LogP contribution in [0.3, 0.4) is 0 Å². The lowest BCUT2D eigenvalue weighted by atomic mass is 9.88. The summed E-state index contributed by atoms with van der Waals surface area (Å²) in [5.41, 5.74) is 9.64. The third-order valence-electron chi connectivity index (χ3n) is 3.91. The van der Waals surface area contributed by atoms with Crippen molar-refractivity contribution in [3.05, 3.63) is 53.2 Å². The Kier molecular flexibility index (Phi) is 4.06. The second kappa shape index (κ2) is 6.14. The van der Waals surface area contributed by atoms with Crippen LogP contribution in [0.4, 0.5) is 0 Å². The molecular formula is C17H20N2O2. The van der Waals surface area contributed by atoms with E-state index in [2.05, 4.69) is 17.1 Å². The van der Waals surface area contributed by atoms with Crippen LogP contribution in [0.25, 0.3) is 0 Å². The summed E-state index contributed by atoms with van der Waals surface area (Å²) in [5.74, 6) is 1.48. The predicted octanol–water partition coefficient (Wildman–Crippen LogP) is 3.01. The maximum atomic E-state index is 6.13. The van der Waals surface area contributed by atoms with Crippen molar-refractivity contribution in [1.29, 1.82) is 0 Å². The molecule has 0 aliphatic heterocycles. The first-order valence-electron chi connectivity index (χ1n) is 7.27. The van der Waals surface area contributed by atoms with E-state index in [9.17, 15) is 0 Å². The average Bonchev–Trinajstić information content (AvgIpc) is 2.53. The Labute approximate surface area is 124 Å². The molecule has 3 rings (SSSR count). The minimum Gasteiger partial charge on any atom is -0.489 e. The number of fused-ring (bicyclic) bond motifs is 1. The van der Waals surface area contributed by atoms with Gasteiger partial charge < -0.3 is 15.2 Å². The molecule has 0 radical (unpaired) electrons. The smallest absolute Gasteiger partial charge is 0.219 e. The molecule has 1 atom stereocenters. The number of ether oxygens (including phenoxy) is 2. The van der Waals surface area contributed by atoms with Crippen LogP contribution >= 0.6 is 0 Å². The number of aryl methyl sites for hydroxylation is 1. The van der Waals surface area contributed by atoms with Crippen LogP contribution in [-0.4, -0.2) is 12.1 Å². The van der Waals surface area contributed by atoms with Crippen molar-refractivity contribution in [3.63, 3.8) is 0 Å². The minimum atomic E-state index is 0.168. The third kappa shape index (κ3) is 3.00. The van der Waals surface area contributed by atoms with Gasteiger partial charge in [-0.05, 0) is 54.7 Å². The lowest BCUT2D eigenvalue weighted by Crippen LogP contribution is -2.17. The molecule has 0 spiro atoms. The van der Waals surface area contributed by atoms with Crippen molar-refractivity contribution >= 4 is 0 Å². The predicted molar refractivity (Wildman–Crippen MR) is 81.4 cm³/mol. The molecule has 4 nitrogen and oxygen atoms in total.